The maximum Gasteiger partial charge on any atom is 0.128 e. The second kappa shape index (κ2) is 3.87. The lowest BCUT2D eigenvalue weighted by Crippen LogP contribution is -2.21. The first kappa shape index (κ1) is 10.8. The van der Waals surface area contributed by atoms with Gasteiger partial charge >= 0.3 is 0 Å². The molecular weight excluding hydrogens is 172 g/mol. The fourth-order valence-electron chi connectivity index (χ4n) is 1.74. The smallest absolute Gasteiger partial charge is 0.128 e. The molecule has 0 aromatic heterocycles. The fraction of sp³-hybridized carbons (Fsp3) is 0.385. The molecular formula is C13H18O. The van der Waals surface area contributed by atoms with Gasteiger partial charge in [-0.05, 0) is 38.8 Å². The number of rotatable bonds is 3. The number of aryl methyl sites for hydroxylation is 1. The summed E-state index contributed by atoms with van der Waals surface area (Å²) in [4.78, 5) is 0. The molecule has 1 heteroatoms. The Morgan fingerprint density at radius 1 is 1.29 bits per heavy atom. The predicted octanol–water partition coefficient (Wildman–Crippen LogP) is 3.78. The first-order chi connectivity index (χ1) is 6.43. The van der Waals surface area contributed by atoms with Gasteiger partial charge in [-0.15, -0.1) is 0 Å². The lowest BCUT2D eigenvalue weighted by atomic mass is 9.93. The Bertz CT molecular complexity index is 337. The number of hydrogen-bond donors (Lipinski definition) is 0. The van der Waals surface area contributed by atoms with Gasteiger partial charge in [0.05, 0.1) is 5.76 Å². The van der Waals surface area contributed by atoms with Gasteiger partial charge in [-0.1, -0.05) is 30.8 Å². The van der Waals surface area contributed by atoms with Crippen molar-refractivity contribution >= 4 is 0 Å². The van der Waals surface area contributed by atoms with E-state index in [4.69, 9.17) is 4.74 Å². The Labute approximate surface area is 86.4 Å². The highest BCUT2D eigenvalue weighted by Crippen LogP contribution is 2.29. The van der Waals surface area contributed by atoms with Gasteiger partial charge in [-0.25, -0.2) is 0 Å². The zero-order valence-electron chi connectivity index (χ0n) is 9.42. The maximum atomic E-state index is 5.71. The van der Waals surface area contributed by atoms with E-state index in [9.17, 15) is 0 Å². The van der Waals surface area contributed by atoms with Crippen molar-refractivity contribution in [1.82, 2.24) is 0 Å². The van der Waals surface area contributed by atoms with Crippen LogP contribution in [0, 0.1) is 6.92 Å². The molecule has 14 heavy (non-hydrogen) atoms. The molecule has 0 heterocycles. The molecule has 0 aliphatic carbocycles. The SMILES string of the molecule is C=C(C)OC(C)(C)c1ccccc1C. The molecule has 1 rings (SSSR count). The number of hydrogen-bond acceptors (Lipinski definition) is 1. The summed E-state index contributed by atoms with van der Waals surface area (Å²) in [6.45, 7) is 11.9. The van der Waals surface area contributed by atoms with Crippen LogP contribution in [0.4, 0.5) is 0 Å². The summed E-state index contributed by atoms with van der Waals surface area (Å²) in [5.41, 5.74) is 2.17. The van der Waals surface area contributed by atoms with Crippen molar-refractivity contribution in [1.29, 1.82) is 0 Å². The van der Waals surface area contributed by atoms with Crippen LogP contribution in [0.25, 0.3) is 0 Å². The highest BCUT2D eigenvalue weighted by atomic mass is 16.5. The van der Waals surface area contributed by atoms with Crippen LogP contribution >= 0.6 is 0 Å². The van der Waals surface area contributed by atoms with Crippen molar-refractivity contribution in [3.63, 3.8) is 0 Å². The van der Waals surface area contributed by atoms with Crippen molar-refractivity contribution in [2.45, 2.75) is 33.3 Å². The minimum atomic E-state index is -0.294. The standard InChI is InChI=1S/C13H18O/c1-10(2)14-13(4,5)12-9-7-6-8-11(12)3/h6-9H,1H2,2-5H3. The van der Waals surface area contributed by atoms with Gasteiger partial charge < -0.3 is 4.74 Å². The quantitative estimate of drug-likeness (QED) is 0.659. The molecule has 0 aliphatic rings. The minimum absolute atomic E-state index is 0.294. The number of allylic oxidation sites excluding steroid dienone is 1. The van der Waals surface area contributed by atoms with E-state index < -0.39 is 0 Å². The van der Waals surface area contributed by atoms with Gasteiger partial charge in [-0.2, -0.15) is 0 Å². The van der Waals surface area contributed by atoms with Crippen molar-refractivity contribution in [2.24, 2.45) is 0 Å². The normalized spacial score (nSPS) is 11.1. The second-order valence-electron chi connectivity index (χ2n) is 4.13. The largest absolute Gasteiger partial charge is 0.488 e. The third-order valence-corrected chi connectivity index (χ3v) is 2.22. The maximum absolute atomic E-state index is 5.71. The molecule has 0 aliphatic heterocycles. The van der Waals surface area contributed by atoms with E-state index in [1.807, 2.05) is 19.1 Å². The molecule has 0 spiro atoms. The Morgan fingerprint density at radius 2 is 1.86 bits per heavy atom. The van der Waals surface area contributed by atoms with Gasteiger partial charge in [0.15, 0.2) is 0 Å². The third kappa shape index (κ3) is 2.38. The van der Waals surface area contributed by atoms with Crippen LogP contribution in [-0.4, -0.2) is 0 Å². The van der Waals surface area contributed by atoms with E-state index in [1.54, 1.807) is 0 Å². The molecule has 1 aromatic carbocycles. The summed E-state index contributed by atoms with van der Waals surface area (Å²) in [7, 11) is 0. The molecule has 76 valence electrons. The summed E-state index contributed by atoms with van der Waals surface area (Å²) in [6.07, 6.45) is 0. The summed E-state index contributed by atoms with van der Waals surface area (Å²) in [5, 5.41) is 0. The third-order valence-electron chi connectivity index (χ3n) is 2.22. The average molecular weight is 190 g/mol. The van der Waals surface area contributed by atoms with E-state index in [1.165, 1.54) is 11.1 Å². The molecule has 0 radical (unpaired) electrons. The minimum Gasteiger partial charge on any atom is -0.488 e. The van der Waals surface area contributed by atoms with Crippen LogP contribution in [-0.2, 0) is 10.3 Å². The van der Waals surface area contributed by atoms with E-state index in [0.717, 1.165) is 5.76 Å². The van der Waals surface area contributed by atoms with Crippen LogP contribution < -0.4 is 0 Å². The molecule has 0 saturated heterocycles. The monoisotopic (exact) mass is 190 g/mol. The van der Waals surface area contributed by atoms with E-state index >= 15 is 0 Å². The Balaban J connectivity index is 3.03. The molecule has 0 fully saturated rings. The van der Waals surface area contributed by atoms with Crippen LogP contribution in [0.2, 0.25) is 0 Å². The predicted molar refractivity (Wildman–Crippen MR) is 60.1 cm³/mol. The van der Waals surface area contributed by atoms with Crippen LogP contribution in [0.5, 0.6) is 0 Å². The molecule has 1 aromatic rings. The summed E-state index contributed by atoms with van der Waals surface area (Å²) in [5.74, 6) is 0.748. The summed E-state index contributed by atoms with van der Waals surface area (Å²) in [6, 6.07) is 8.26. The van der Waals surface area contributed by atoms with E-state index in [2.05, 4.69) is 39.5 Å². The Morgan fingerprint density at radius 3 is 2.36 bits per heavy atom. The lowest BCUT2D eigenvalue weighted by molar-refractivity contribution is 0.0332. The second-order valence-corrected chi connectivity index (χ2v) is 4.13. The molecule has 1 nitrogen and oxygen atoms in total. The molecule has 0 atom stereocenters. The molecule has 0 N–H and O–H groups in total. The van der Waals surface area contributed by atoms with Gasteiger partial charge in [0.2, 0.25) is 0 Å². The zero-order chi connectivity index (χ0) is 10.8. The highest BCUT2D eigenvalue weighted by Gasteiger charge is 2.23. The molecule has 0 saturated carbocycles. The first-order valence-electron chi connectivity index (χ1n) is 4.84. The lowest BCUT2D eigenvalue weighted by Gasteiger charge is -2.28. The van der Waals surface area contributed by atoms with Gasteiger partial charge in [-0.3, -0.25) is 0 Å². The van der Waals surface area contributed by atoms with Gasteiger partial charge in [0.25, 0.3) is 0 Å². The van der Waals surface area contributed by atoms with Crippen molar-refractivity contribution < 1.29 is 4.74 Å². The molecule has 0 bridgehead atoms. The Kier molecular flexibility index (Phi) is 3.00. The van der Waals surface area contributed by atoms with Gasteiger partial charge in [0.1, 0.15) is 5.60 Å². The number of ether oxygens (including phenoxy) is 1. The van der Waals surface area contributed by atoms with Crippen molar-refractivity contribution in [3.05, 3.63) is 47.7 Å². The highest BCUT2D eigenvalue weighted by molar-refractivity contribution is 5.30. The zero-order valence-corrected chi connectivity index (χ0v) is 9.42. The van der Waals surface area contributed by atoms with Gasteiger partial charge in [0, 0.05) is 0 Å². The Hall–Kier alpha value is -1.24. The first-order valence-corrected chi connectivity index (χ1v) is 4.84. The van der Waals surface area contributed by atoms with Crippen LogP contribution in [0.3, 0.4) is 0 Å². The number of benzene rings is 1. The van der Waals surface area contributed by atoms with E-state index in [-0.39, 0.29) is 5.60 Å². The van der Waals surface area contributed by atoms with Crippen molar-refractivity contribution in [3.8, 4) is 0 Å². The topological polar surface area (TPSA) is 9.23 Å². The molecule has 0 amide bonds. The van der Waals surface area contributed by atoms with Crippen LogP contribution in [0.1, 0.15) is 31.9 Å². The summed E-state index contributed by atoms with van der Waals surface area (Å²) >= 11 is 0. The van der Waals surface area contributed by atoms with Crippen LogP contribution in [0.15, 0.2) is 36.6 Å². The molecule has 0 unspecified atom stereocenters. The fourth-order valence-corrected chi connectivity index (χ4v) is 1.74. The van der Waals surface area contributed by atoms with E-state index in [0.29, 0.717) is 0 Å². The van der Waals surface area contributed by atoms with Crippen molar-refractivity contribution in [2.75, 3.05) is 0 Å². The average Bonchev–Trinajstić information content (AvgIpc) is 2.02. The summed E-state index contributed by atoms with van der Waals surface area (Å²) < 4.78 is 5.71.